The number of hydrogen-bond acceptors (Lipinski definition) is 4. The first-order chi connectivity index (χ1) is 9.13. The van der Waals surface area contributed by atoms with Crippen LogP contribution >= 0.6 is 11.3 Å². The molecule has 1 heterocycles. The van der Waals surface area contributed by atoms with Crippen molar-refractivity contribution in [3.05, 3.63) is 21.4 Å². The summed E-state index contributed by atoms with van der Waals surface area (Å²) >= 11 is 1.35. The van der Waals surface area contributed by atoms with E-state index in [2.05, 4.69) is 11.8 Å². The largest absolute Gasteiger partial charge is 0.396 e. The minimum Gasteiger partial charge on any atom is -0.396 e. The molecule has 0 aromatic carbocycles. The van der Waals surface area contributed by atoms with Crippen LogP contribution in [0.5, 0.6) is 0 Å². The van der Waals surface area contributed by atoms with Crippen molar-refractivity contribution in [2.45, 2.75) is 20.3 Å². The van der Waals surface area contributed by atoms with Gasteiger partial charge in [-0.3, -0.25) is 4.79 Å². The fraction of sp³-hybridized carbons (Fsp3) is 0.500. The van der Waals surface area contributed by atoms with E-state index >= 15 is 0 Å². The van der Waals surface area contributed by atoms with Crippen molar-refractivity contribution in [2.24, 2.45) is 0 Å². The van der Waals surface area contributed by atoms with Gasteiger partial charge in [-0.05, 0) is 31.9 Å². The average Bonchev–Trinajstić information content (AvgIpc) is 2.78. The molecule has 104 valence electrons. The highest BCUT2D eigenvalue weighted by Gasteiger charge is 2.17. The third kappa shape index (κ3) is 4.35. The number of carbonyl (C=O) groups is 1. The molecule has 0 saturated heterocycles. The maximum atomic E-state index is 12.3. The lowest BCUT2D eigenvalue weighted by atomic mass is 10.2. The van der Waals surface area contributed by atoms with Crippen molar-refractivity contribution >= 4 is 17.2 Å². The van der Waals surface area contributed by atoms with Gasteiger partial charge in [-0.1, -0.05) is 11.8 Å². The summed E-state index contributed by atoms with van der Waals surface area (Å²) in [5.74, 6) is 5.41. The van der Waals surface area contributed by atoms with Crippen LogP contribution in [0, 0.1) is 18.8 Å². The Morgan fingerprint density at radius 2 is 2.21 bits per heavy atom. The Labute approximate surface area is 117 Å². The minimum atomic E-state index is -0.182. The predicted octanol–water partition coefficient (Wildman–Crippen LogP) is 1.24. The minimum absolute atomic E-state index is 0.0268. The molecule has 19 heavy (non-hydrogen) atoms. The summed E-state index contributed by atoms with van der Waals surface area (Å²) in [5, 5.41) is 17.5. The van der Waals surface area contributed by atoms with Crippen LogP contribution in [-0.4, -0.2) is 47.3 Å². The lowest BCUT2D eigenvalue weighted by Crippen LogP contribution is -2.31. The number of nitrogens with zero attached hydrogens (tertiary/aromatic N) is 1. The third-order valence-corrected chi connectivity index (χ3v) is 3.81. The molecule has 0 spiro atoms. The van der Waals surface area contributed by atoms with E-state index in [-0.39, 0.29) is 19.1 Å². The summed E-state index contributed by atoms with van der Waals surface area (Å²) in [6.45, 7) is 4.90. The van der Waals surface area contributed by atoms with E-state index in [0.717, 1.165) is 10.4 Å². The van der Waals surface area contributed by atoms with E-state index in [1.165, 1.54) is 11.3 Å². The number of aliphatic hydroxyl groups excluding tert-OH is 2. The Kier molecular flexibility index (Phi) is 6.57. The van der Waals surface area contributed by atoms with Crippen molar-refractivity contribution in [2.75, 3.05) is 26.3 Å². The summed E-state index contributed by atoms with van der Waals surface area (Å²) < 4.78 is 0. The van der Waals surface area contributed by atoms with Gasteiger partial charge in [0.1, 0.15) is 6.61 Å². The zero-order valence-electron chi connectivity index (χ0n) is 11.3. The molecular formula is C14H19NO3S. The van der Waals surface area contributed by atoms with Gasteiger partial charge in [0.2, 0.25) is 0 Å². The second kappa shape index (κ2) is 7.95. The number of hydrogen-bond donors (Lipinski definition) is 2. The number of aliphatic hydroxyl groups is 2. The van der Waals surface area contributed by atoms with Crippen LogP contribution in [0.2, 0.25) is 0 Å². The van der Waals surface area contributed by atoms with Gasteiger partial charge in [0.25, 0.3) is 5.91 Å². The van der Waals surface area contributed by atoms with E-state index in [1.54, 1.807) is 4.90 Å². The van der Waals surface area contributed by atoms with Gasteiger partial charge in [-0.15, -0.1) is 11.3 Å². The Morgan fingerprint density at radius 3 is 2.79 bits per heavy atom. The van der Waals surface area contributed by atoms with Crippen molar-refractivity contribution < 1.29 is 15.0 Å². The van der Waals surface area contributed by atoms with Crippen LogP contribution in [0.25, 0.3) is 0 Å². The Balaban J connectivity index is 2.87. The molecule has 0 bridgehead atoms. The van der Waals surface area contributed by atoms with Crippen molar-refractivity contribution in [1.82, 2.24) is 4.90 Å². The Morgan fingerprint density at radius 1 is 1.47 bits per heavy atom. The fourth-order valence-corrected chi connectivity index (χ4v) is 2.67. The summed E-state index contributed by atoms with van der Waals surface area (Å²) in [6.07, 6.45) is 0.584. The molecule has 1 aromatic rings. The lowest BCUT2D eigenvalue weighted by Gasteiger charge is -2.19. The topological polar surface area (TPSA) is 60.8 Å². The highest BCUT2D eigenvalue weighted by molar-refractivity contribution is 7.14. The molecule has 0 unspecified atom stereocenters. The first kappa shape index (κ1) is 15.7. The molecule has 0 atom stereocenters. The maximum Gasteiger partial charge on any atom is 0.263 e. The molecule has 0 radical (unpaired) electrons. The molecule has 0 saturated carbocycles. The highest BCUT2D eigenvalue weighted by atomic mass is 32.1. The van der Waals surface area contributed by atoms with E-state index in [4.69, 9.17) is 10.2 Å². The van der Waals surface area contributed by atoms with Gasteiger partial charge >= 0.3 is 0 Å². The Bertz CT molecular complexity index is 485. The zero-order chi connectivity index (χ0) is 14.3. The molecule has 5 heteroatoms. The van der Waals surface area contributed by atoms with Crippen molar-refractivity contribution in [1.29, 1.82) is 0 Å². The predicted molar refractivity (Wildman–Crippen MR) is 76.3 cm³/mol. The molecule has 1 aromatic heterocycles. The van der Waals surface area contributed by atoms with Gasteiger partial charge in [-0.25, -0.2) is 0 Å². The van der Waals surface area contributed by atoms with Crippen molar-refractivity contribution in [3.63, 3.8) is 0 Å². The van der Waals surface area contributed by atoms with E-state index in [1.807, 2.05) is 19.9 Å². The van der Waals surface area contributed by atoms with E-state index in [9.17, 15) is 4.79 Å². The molecule has 0 fully saturated rings. The van der Waals surface area contributed by atoms with Crippen LogP contribution in [0.4, 0.5) is 0 Å². The highest BCUT2D eigenvalue weighted by Crippen LogP contribution is 2.22. The zero-order valence-corrected chi connectivity index (χ0v) is 12.1. The monoisotopic (exact) mass is 281 g/mol. The fourth-order valence-electron chi connectivity index (χ4n) is 1.65. The Hall–Kier alpha value is -1.35. The number of amides is 1. The molecule has 0 aliphatic carbocycles. The van der Waals surface area contributed by atoms with Crippen LogP contribution < -0.4 is 0 Å². The number of aryl methyl sites for hydroxylation is 1. The second-order valence-corrected chi connectivity index (χ2v) is 5.10. The molecule has 2 N–H and O–H groups in total. The molecule has 0 aliphatic heterocycles. The first-order valence-corrected chi connectivity index (χ1v) is 7.06. The van der Waals surface area contributed by atoms with Crippen LogP contribution in [0.15, 0.2) is 6.07 Å². The smallest absolute Gasteiger partial charge is 0.263 e. The summed E-state index contributed by atoms with van der Waals surface area (Å²) in [4.78, 5) is 15.5. The maximum absolute atomic E-state index is 12.3. The van der Waals surface area contributed by atoms with Crippen LogP contribution in [0.1, 0.15) is 33.5 Å². The van der Waals surface area contributed by atoms with Gasteiger partial charge in [0.05, 0.1) is 9.75 Å². The lowest BCUT2D eigenvalue weighted by molar-refractivity contribution is 0.0759. The second-order valence-electron chi connectivity index (χ2n) is 4.04. The van der Waals surface area contributed by atoms with Crippen LogP contribution in [0.3, 0.4) is 0 Å². The number of carbonyl (C=O) groups excluding carboxylic acids is 1. The van der Waals surface area contributed by atoms with Crippen LogP contribution in [-0.2, 0) is 0 Å². The quantitative estimate of drug-likeness (QED) is 0.798. The molecule has 1 amide bonds. The third-order valence-electron chi connectivity index (χ3n) is 2.66. The SMILES string of the molecule is CCN(CCCO)C(=O)c1cc(C)c(C#CCO)s1. The summed E-state index contributed by atoms with van der Waals surface area (Å²) in [7, 11) is 0. The normalized spacial score (nSPS) is 9.89. The van der Waals surface area contributed by atoms with Crippen molar-refractivity contribution in [3.8, 4) is 11.8 Å². The number of thiophene rings is 1. The van der Waals surface area contributed by atoms with E-state index < -0.39 is 0 Å². The average molecular weight is 281 g/mol. The van der Waals surface area contributed by atoms with Gasteiger partial charge in [0.15, 0.2) is 0 Å². The first-order valence-electron chi connectivity index (χ1n) is 6.24. The number of rotatable bonds is 5. The summed E-state index contributed by atoms with van der Waals surface area (Å²) in [5.41, 5.74) is 0.951. The molecular weight excluding hydrogens is 262 g/mol. The van der Waals surface area contributed by atoms with Gasteiger partial charge in [0, 0.05) is 19.7 Å². The van der Waals surface area contributed by atoms with Gasteiger partial charge < -0.3 is 15.1 Å². The standard InChI is InChI=1S/C14H19NO3S/c1-3-15(7-5-9-17)14(18)13-10-11(2)12(19-13)6-4-8-16/h10,16-17H,3,5,7-9H2,1-2H3. The molecule has 4 nitrogen and oxygen atoms in total. The van der Waals surface area contributed by atoms with Gasteiger partial charge in [-0.2, -0.15) is 0 Å². The molecule has 0 aliphatic rings. The van der Waals surface area contributed by atoms with E-state index in [0.29, 0.717) is 24.4 Å². The summed E-state index contributed by atoms with van der Waals surface area (Å²) in [6, 6.07) is 1.83. The molecule has 1 rings (SSSR count).